The molecule has 3 aromatic heterocycles. The third-order valence-electron chi connectivity index (χ3n) is 5.00. The van der Waals surface area contributed by atoms with Gasteiger partial charge in [-0.3, -0.25) is 9.59 Å². The highest BCUT2D eigenvalue weighted by Crippen LogP contribution is 2.23. The van der Waals surface area contributed by atoms with Gasteiger partial charge < -0.3 is 14.6 Å². The number of carbonyl (C=O) groups excluding carboxylic acids is 2. The maximum atomic E-state index is 12.8. The number of furan rings is 1. The molecule has 0 unspecified atom stereocenters. The summed E-state index contributed by atoms with van der Waals surface area (Å²) in [5.74, 6) is -0.236. The van der Waals surface area contributed by atoms with Crippen molar-refractivity contribution in [2.24, 2.45) is 5.92 Å². The molecule has 0 bridgehead atoms. The molecule has 2 amide bonds. The number of hydrogen-bond donors (Lipinski definition) is 1. The molecule has 1 fully saturated rings. The van der Waals surface area contributed by atoms with Gasteiger partial charge in [0, 0.05) is 24.5 Å². The van der Waals surface area contributed by atoms with Crippen LogP contribution in [0, 0.1) is 5.92 Å². The number of hydrogen-bond acceptors (Lipinski definition) is 5. The first-order valence-corrected chi connectivity index (χ1v) is 9.50. The minimum Gasteiger partial charge on any atom is -0.459 e. The highest BCUT2D eigenvalue weighted by Gasteiger charge is 2.30. The van der Waals surface area contributed by atoms with Gasteiger partial charge in [0.2, 0.25) is 5.91 Å². The molecule has 0 spiro atoms. The zero-order chi connectivity index (χ0) is 19.7. The van der Waals surface area contributed by atoms with E-state index in [4.69, 9.17) is 4.42 Å². The van der Waals surface area contributed by atoms with Crippen molar-refractivity contribution in [3.63, 3.8) is 0 Å². The van der Waals surface area contributed by atoms with E-state index in [0.717, 1.165) is 23.9 Å². The summed E-state index contributed by atoms with van der Waals surface area (Å²) in [4.78, 5) is 31.4. The highest BCUT2D eigenvalue weighted by atomic mass is 16.3. The van der Waals surface area contributed by atoms with Crippen molar-refractivity contribution in [3.8, 4) is 0 Å². The number of piperidine rings is 1. The van der Waals surface area contributed by atoms with Crippen molar-refractivity contribution in [2.75, 3.05) is 18.4 Å². The number of nitrogens with zero attached hydrogens (tertiary/aromatic N) is 4. The van der Waals surface area contributed by atoms with Crippen LogP contribution in [-0.4, -0.2) is 44.6 Å². The fraction of sp³-hybridized carbons (Fsp3) is 0.400. The Morgan fingerprint density at radius 3 is 2.93 bits per heavy atom. The molecule has 4 heterocycles. The van der Waals surface area contributed by atoms with E-state index in [0.29, 0.717) is 24.5 Å². The van der Waals surface area contributed by atoms with Crippen LogP contribution in [0.4, 0.5) is 5.69 Å². The van der Waals surface area contributed by atoms with Crippen LogP contribution in [0.3, 0.4) is 0 Å². The molecule has 4 rings (SSSR count). The first-order valence-electron chi connectivity index (χ1n) is 9.50. The van der Waals surface area contributed by atoms with E-state index in [1.807, 2.05) is 24.6 Å². The topological polar surface area (TPSA) is 93.3 Å². The van der Waals surface area contributed by atoms with Crippen molar-refractivity contribution in [3.05, 3.63) is 42.6 Å². The summed E-state index contributed by atoms with van der Waals surface area (Å²) in [5.41, 5.74) is 1.43. The summed E-state index contributed by atoms with van der Waals surface area (Å²) in [7, 11) is 0. The maximum Gasteiger partial charge on any atom is 0.289 e. The molecule has 1 saturated heterocycles. The molecule has 1 aliphatic heterocycles. The Bertz CT molecular complexity index is 993. The van der Waals surface area contributed by atoms with Crippen molar-refractivity contribution in [1.82, 2.24) is 19.7 Å². The predicted octanol–water partition coefficient (Wildman–Crippen LogP) is 3.10. The van der Waals surface area contributed by atoms with Gasteiger partial charge in [0.1, 0.15) is 0 Å². The van der Waals surface area contributed by atoms with Crippen LogP contribution in [0.5, 0.6) is 0 Å². The third-order valence-corrected chi connectivity index (χ3v) is 5.00. The normalized spacial score (nSPS) is 17.2. The van der Waals surface area contributed by atoms with E-state index in [2.05, 4.69) is 15.4 Å². The van der Waals surface area contributed by atoms with Gasteiger partial charge in [-0.15, -0.1) is 0 Å². The van der Waals surface area contributed by atoms with Crippen LogP contribution in [0.25, 0.3) is 11.0 Å². The Kier molecular flexibility index (Phi) is 4.85. The van der Waals surface area contributed by atoms with Gasteiger partial charge in [-0.2, -0.15) is 5.10 Å². The molecule has 1 atom stereocenters. The monoisotopic (exact) mass is 381 g/mol. The van der Waals surface area contributed by atoms with E-state index in [9.17, 15) is 9.59 Å². The van der Waals surface area contributed by atoms with Gasteiger partial charge in [0.25, 0.3) is 5.91 Å². The molecule has 1 aliphatic rings. The van der Waals surface area contributed by atoms with Crippen LogP contribution in [0.2, 0.25) is 0 Å². The average Bonchev–Trinajstić information content (AvgIpc) is 3.37. The molecule has 8 nitrogen and oxygen atoms in total. The largest absolute Gasteiger partial charge is 0.459 e. The molecule has 3 aromatic rings. The number of aromatic nitrogens is 3. The number of likely N-dealkylation sites (tertiary alicyclic amines) is 1. The lowest BCUT2D eigenvalue weighted by Crippen LogP contribution is -2.43. The van der Waals surface area contributed by atoms with Crippen molar-refractivity contribution < 1.29 is 14.0 Å². The summed E-state index contributed by atoms with van der Waals surface area (Å²) in [6.45, 7) is 5.10. The minimum atomic E-state index is -0.262. The number of fused-ring (bicyclic) bond motifs is 1. The molecule has 0 aromatic carbocycles. The first kappa shape index (κ1) is 18.2. The van der Waals surface area contributed by atoms with E-state index in [1.165, 1.54) is 6.26 Å². The van der Waals surface area contributed by atoms with Gasteiger partial charge >= 0.3 is 0 Å². The molecule has 0 aliphatic carbocycles. The molecule has 146 valence electrons. The number of pyridine rings is 1. The molecule has 8 heteroatoms. The van der Waals surface area contributed by atoms with Crippen LogP contribution < -0.4 is 5.32 Å². The summed E-state index contributed by atoms with van der Waals surface area (Å²) in [6, 6.07) is 5.42. The van der Waals surface area contributed by atoms with Gasteiger partial charge in [-0.25, -0.2) is 9.67 Å². The first-order chi connectivity index (χ1) is 13.5. The number of nitrogens with one attached hydrogen (secondary N) is 1. The Hall–Kier alpha value is -3.16. The van der Waals surface area contributed by atoms with Crippen LogP contribution >= 0.6 is 0 Å². The lowest BCUT2D eigenvalue weighted by Gasteiger charge is -2.31. The standard InChI is InChI=1S/C20H23N5O3/c1-13(2)25-18-15(10-22-25)9-16(11-21-18)23-19(26)14-5-3-7-24(12-14)20(27)17-6-4-8-28-17/h4,6,8-11,13-14H,3,5,7,12H2,1-2H3,(H,23,26)/t14-/m0/s1. The zero-order valence-corrected chi connectivity index (χ0v) is 16.0. The zero-order valence-electron chi connectivity index (χ0n) is 16.0. The molecule has 1 N–H and O–H groups in total. The minimum absolute atomic E-state index is 0.102. The van der Waals surface area contributed by atoms with Crippen molar-refractivity contribution >= 4 is 28.5 Å². The SMILES string of the molecule is CC(C)n1ncc2cc(NC(=O)[C@H]3CCCN(C(=O)c4ccco4)C3)cnc21. The second-order valence-corrected chi connectivity index (χ2v) is 7.38. The third kappa shape index (κ3) is 3.49. The van der Waals surface area contributed by atoms with Gasteiger partial charge in [-0.05, 0) is 44.9 Å². The molecule has 28 heavy (non-hydrogen) atoms. The second kappa shape index (κ2) is 7.46. The van der Waals surface area contributed by atoms with Crippen LogP contribution in [-0.2, 0) is 4.79 Å². The average molecular weight is 381 g/mol. The second-order valence-electron chi connectivity index (χ2n) is 7.38. The lowest BCUT2D eigenvalue weighted by atomic mass is 9.97. The fourth-order valence-corrected chi connectivity index (χ4v) is 3.56. The summed E-state index contributed by atoms with van der Waals surface area (Å²) in [6.07, 6.45) is 6.40. The predicted molar refractivity (Wildman–Crippen MR) is 104 cm³/mol. The Labute approximate surface area is 162 Å². The smallest absolute Gasteiger partial charge is 0.289 e. The summed E-state index contributed by atoms with van der Waals surface area (Å²) in [5, 5.41) is 8.16. The molecular formula is C20H23N5O3. The van der Waals surface area contributed by atoms with Crippen molar-refractivity contribution in [2.45, 2.75) is 32.7 Å². The maximum absolute atomic E-state index is 12.8. The number of rotatable bonds is 4. The number of anilines is 1. The van der Waals surface area contributed by atoms with Crippen molar-refractivity contribution in [1.29, 1.82) is 0 Å². The molecule has 0 saturated carbocycles. The van der Waals surface area contributed by atoms with Crippen LogP contribution in [0.1, 0.15) is 43.3 Å². The van der Waals surface area contributed by atoms with E-state index in [-0.39, 0.29) is 23.8 Å². The van der Waals surface area contributed by atoms with Gasteiger partial charge in [0.15, 0.2) is 11.4 Å². The van der Waals surface area contributed by atoms with E-state index < -0.39 is 0 Å². The van der Waals surface area contributed by atoms with Crippen LogP contribution in [0.15, 0.2) is 41.3 Å². The van der Waals surface area contributed by atoms with E-state index >= 15 is 0 Å². The number of amides is 2. The van der Waals surface area contributed by atoms with Gasteiger partial charge in [-0.1, -0.05) is 0 Å². The lowest BCUT2D eigenvalue weighted by molar-refractivity contribution is -0.121. The Balaban J connectivity index is 1.44. The highest BCUT2D eigenvalue weighted by molar-refractivity contribution is 5.96. The molecule has 0 radical (unpaired) electrons. The fourth-order valence-electron chi connectivity index (χ4n) is 3.56. The molecular weight excluding hydrogens is 358 g/mol. The Morgan fingerprint density at radius 1 is 1.32 bits per heavy atom. The number of carbonyl (C=O) groups is 2. The Morgan fingerprint density at radius 2 is 2.18 bits per heavy atom. The van der Waals surface area contributed by atoms with E-state index in [1.54, 1.807) is 29.4 Å². The summed E-state index contributed by atoms with van der Waals surface area (Å²) < 4.78 is 7.04. The van der Waals surface area contributed by atoms with Gasteiger partial charge in [0.05, 0.1) is 30.3 Å². The quantitative estimate of drug-likeness (QED) is 0.749. The summed E-state index contributed by atoms with van der Waals surface area (Å²) >= 11 is 0.